The fraction of sp³-hybridized carbons (Fsp3) is 0.0952. The lowest BCUT2D eigenvalue weighted by Gasteiger charge is -2.19. The molecule has 0 spiro atoms. The largest absolute Gasteiger partial charge is 0.325 e. The third-order valence-corrected chi connectivity index (χ3v) is 6.34. The van der Waals surface area contributed by atoms with E-state index in [-0.39, 0.29) is 11.3 Å². The lowest BCUT2D eigenvalue weighted by atomic mass is 10.1. The smallest absolute Gasteiger partial charge is 0.242 e. The Labute approximate surface area is 182 Å². The summed E-state index contributed by atoms with van der Waals surface area (Å²) in [5.41, 5.74) is 1.37. The topological polar surface area (TPSA) is 75.3 Å². The Morgan fingerprint density at radius 2 is 1.55 bits per heavy atom. The van der Waals surface area contributed by atoms with E-state index in [2.05, 4.69) is 32.6 Å². The molecule has 3 aromatic carbocycles. The highest BCUT2D eigenvalue weighted by Crippen LogP contribution is 2.15. The highest BCUT2D eigenvalue weighted by atomic mass is 127. The van der Waals surface area contributed by atoms with Crippen molar-refractivity contribution in [2.75, 3.05) is 5.32 Å². The standard InChI is InChI=1S/C21H18FIN2O3S/c22-16-6-12-19(13-7-16)29(27,28)25-20(14-15-4-2-1-3-5-15)21(26)24-18-10-8-17(23)9-11-18/h1-13,20,25H,14H2,(H,24,26)/t20-/m0/s1. The van der Waals surface area contributed by atoms with Crippen molar-refractivity contribution in [1.29, 1.82) is 0 Å². The van der Waals surface area contributed by atoms with Crippen LogP contribution >= 0.6 is 22.6 Å². The number of sulfonamides is 1. The zero-order valence-corrected chi connectivity index (χ0v) is 18.2. The van der Waals surface area contributed by atoms with Gasteiger partial charge in [-0.1, -0.05) is 30.3 Å². The maximum Gasteiger partial charge on any atom is 0.242 e. The summed E-state index contributed by atoms with van der Waals surface area (Å²) in [5, 5.41) is 2.74. The van der Waals surface area contributed by atoms with E-state index in [0.29, 0.717) is 5.69 Å². The summed E-state index contributed by atoms with van der Waals surface area (Å²) < 4.78 is 42.1. The van der Waals surface area contributed by atoms with Crippen LogP contribution in [-0.2, 0) is 21.2 Å². The molecule has 29 heavy (non-hydrogen) atoms. The van der Waals surface area contributed by atoms with Crippen LogP contribution in [0.4, 0.5) is 10.1 Å². The van der Waals surface area contributed by atoms with E-state index in [0.717, 1.165) is 33.4 Å². The molecular formula is C21H18FIN2O3S. The molecule has 0 aliphatic rings. The Balaban J connectivity index is 1.84. The summed E-state index contributed by atoms with van der Waals surface area (Å²) in [5.74, 6) is -1.03. The van der Waals surface area contributed by atoms with Crippen molar-refractivity contribution in [3.05, 3.63) is 93.8 Å². The first-order chi connectivity index (χ1) is 13.8. The third-order valence-electron chi connectivity index (χ3n) is 4.13. The summed E-state index contributed by atoms with van der Waals surface area (Å²) in [6, 6.07) is 19.7. The average Bonchev–Trinajstić information content (AvgIpc) is 2.70. The molecule has 0 radical (unpaired) electrons. The fourth-order valence-corrected chi connectivity index (χ4v) is 4.22. The molecule has 0 aliphatic heterocycles. The van der Waals surface area contributed by atoms with Crippen LogP contribution in [0.3, 0.4) is 0 Å². The molecular weight excluding hydrogens is 506 g/mol. The SMILES string of the molecule is O=C(Nc1ccc(I)cc1)[C@H](Cc1ccccc1)NS(=O)(=O)c1ccc(F)cc1. The molecule has 0 heterocycles. The lowest BCUT2D eigenvalue weighted by molar-refractivity contribution is -0.117. The molecule has 2 N–H and O–H groups in total. The first-order valence-corrected chi connectivity index (χ1v) is 11.3. The van der Waals surface area contributed by atoms with E-state index in [1.165, 1.54) is 0 Å². The van der Waals surface area contributed by atoms with Gasteiger partial charge in [0.05, 0.1) is 4.90 Å². The van der Waals surface area contributed by atoms with Gasteiger partial charge in [-0.2, -0.15) is 4.72 Å². The second kappa shape index (κ2) is 9.47. The van der Waals surface area contributed by atoms with E-state index < -0.39 is 27.8 Å². The van der Waals surface area contributed by atoms with Crippen LogP contribution in [0.2, 0.25) is 0 Å². The zero-order chi connectivity index (χ0) is 20.9. The summed E-state index contributed by atoms with van der Waals surface area (Å²) in [4.78, 5) is 12.8. The van der Waals surface area contributed by atoms with Gasteiger partial charge >= 0.3 is 0 Å². The second-order valence-electron chi connectivity index (χ2n) is 6.31. The van der Waals surface area contributed by atoms with Crippen LogP contribution < -0.4 is 10.0 Å². The van der Waals surface area contributed by atoms with Crippen LogP contribution in [0.15, 0.2) is 83.8 Å². The van der Waals surface area contributed by atoms with Gasteiger partial charge in [-0.15, -0.1) is 0 Å². The Hall–Kier alpha value is -2.30. The number of anilines is 1. The molecule has 5 nitrogen and oxygen atoms in total. The van der Waals surface area contributed by atoms with Crippen molar-refractivity contribution in [1.82, 2.24) is 4.72 Å². The average molecular weight is 524 g/mol. The molecule has 0 fully saturated rings. The summed E-state index contributed by atoms with van der Waals surface area (Å²) >= 11 is 2.15. The molecule has 1 amide bonds. The lowest BCUT2D eigenvalue weighted by Crippen LogP contribution is -2.45. The monoisotopic (exact) mass is 524 g/mol. The quantitative estimate of drug-likeness (QED) is 0.460. The molecule has 8 heteroatoms. The van der Waals surface area contributed by atoms with Gasteiger partial charge in [0.25, 0.3) is 0 Å². The van der Waals surface area contributed by atoms with Crippen LogP contribution in [0.25, 0.3) is 0 Å². The molecule has 0 saturated carbocycles. The summed E-state index contributed by atoms with van der Waals surface area (Å²) in [7, 11) is -4.02. The number of carbonyl (C=O) groups excluding carboxylic acids is 1. The molecule has 0 bridgehead atoms. The number of halogens is 2. The van der Waals surface area contributed by atoms with Crippen LogP contribution in [0.1, 0.15) is 5.56 Å². The summed E-state index contributed by atoms with van der Waals surface area (Å²) in [6.45, 7) is 0. The van der Waals surface area contributed by atoms with E-state index in [4.69, 9.17) is 0 Å². The van der Waals surface area contributed by atoms with E-state index in [1.807, 2.05) is 42.5 Å². The molecule has 150 valence electrons. The number of amides is 1. The number of carbonyl (C=O) groups is 1. The van der Waals surface area contributed by atoms with Crippen molar-refractivity contribution in [2.45, 2.75) is 17.4 Å². The van der Waals surface area contributed by atoms with E-state index in [1.54, 1.807) is 12.1 Å². The Morgan fingerprint density at radius 1 is 0.931 bits per heavy atom. The molecule has 3 rings (SSSR count). The Morgan fingerprint density at radius 3 is 2.17 bits per heavy atom. The number of hydrogen-bond acceptors (Lipinski definition) is 3. The van der Waals surface area contributed by atoms with E-state index >= 15 is 0 Å². The van der Waals surface area contributed by atoms with Gasteiger partial charge in [0.15, 0.2) is 0 Å². The van der Waals surface area contributed by atoms with Gasteiger partial charge in [-0.05, 0) is 83.1 Å². The number of rotatable bonds is 7. The van der Waals surface area contributed by atoms with Gasteiger partial charge in [-0.3, -0.25) is 4.79 Å². The third kappa shape index (κ3) is 6.09. The highest BCUT2D eigenvalue weighted by molar-refractivity contribution is 14.1. The minimum absolute atomic E-state index is 0.112. The molecule has 0 saturated heterocycles. The van der Waals surface area contributed by atoms with Gasteiger partial charge in [0, 0.05) is 9.26 Å². The minimum Gasteiger partial charge on any atom is -0.325 e. The first kappa shape index (κ1) is 21.4. The van der Waals surface area contributed by atoms with Crippen molar-refractivity contribution >= 4 is 44.2 Å². The Kier molecular flexibility index (Phi) is 6.99. The van der Waals surface area contributed by atoms with Crippen molar-refractivity contribution in [3.63, 3.8) is 0 Å². The molecule has 0 unspecified atom stereocenters. The number of nitrogens with one attached hydrogen (secondary N) is 2. The normalized spacial score (nSPS) is 12.3. The predicted molar refractivity (Wildman–Crippen MR) is 118 cm³/mol. The number of benzene rings is 3. The number of hydrogen-bond donors (Lipinski definition) is 2. The van der Waals surface area contributed by atoms with Crippen LogP contribution in [0, 0.1) is 9.39 Å². The van der Waals surface area contributed by atoms with E-state index in [9.17, 15) is 17.6 Å². The van der Waals surface area contributed by atoms with Gasteiger partial charge in [0.2, 0.25) is 15.9 Å². The summed E-state index contributed by atoms with van der Waals surface area (Å²) in [6.07, 6.45) is 0.164. The van der Waals surface area contributed by atoms with Gasteiger partial charge < -0.3 is 5.32 Å². The predicted octanol–water partition coefficient (Wildman–Crippen LogP) is 3.96. The molecule has 0 aromatic heterocycles. The Bertz CT molecular complexity index is 1070. The van der Waals surface area contributed by atoms with Gasteiger partial charge in [0.1, 0.15) is 11.9 Å². The molecule has 1 atom stereocenters. The first-order valence-electron chi connectivity index (χ1n) is 8.72. The van der Waals surface area contributed by atoms with Crippen LogP contribution in [-0.4, -0.2) is 20.4 Å². The van der Waals surface area contributed by atoms with Crippen LogP contribution in [0.5, 0.6) is 0 Å². The fourth-order valence-electron chi connectivity index (χ4n) is 2.67. The molecule has 0 aliphatic carbocycles. The maximum atomic E-state index is 13.1. The maximum absolute atomic E-state index is 13.1. The molecule has 3 aromatic rings. The highest BCUT2D eigenvalue weighted by Gasteiger charge is 2.26. The zero-order valence-electron chi connectivity index (χ0n) is 15.2. The van der Waals surface area contributed by atoms with Crippen molar-refractivity contribution < 1.29 is 17.6 Å². The van der Waals surface area contributed by atoms with Gasteiger partial charge in [-0.25, -0.2) is 12.8 Å². The second-order valence-corrected chi connectivity index (χ2v) is 9.27. The van der Waals surface area contributed by atoms with Crippen molar-refractivity contribution in [3.8, 4) is 0 Å². The minimum atomic E-state index is -4.02. The van der Waals surface area contributed by atoms with Crippen molar-refractivity contribution in [2.24, 2.45) is 0 Å².